The predicted molar refractivity (Wildman–Crippen MR) is 47.2 cm³/mol. The maximum absolute atomic E-state index is 11.1. The number of nitrogen functional groups attached to an aromatic ring is 1. The molecule has 0 heterocycles. The number of nitrogens with two attached hydrogens (primary N) is 1. The molecule has 0 atom stereocenters. The quantitative estimate of drug-likeness (QED) is 0.556. The molecule has 0 aliphatic carbocycles. The molecule has 1 rings (SSSR count). The first-order chi connectivity index (χ1) is 6.42. The van der Waals surface area contributed by atoms with Crippen LogP contribution in [0.25, 0.3) is 0 Å². The van der Waals surface area contributed by atoms with Gasteiger partial charge in [0.2, 0.25) is 0 Å². The van der Waals surface area contributed by atoms with E-state index in [1.54, 1.807) is 0 Å². The van der Waals surface area contributed by atoms with Crippen LogP contribution >= 0.6 is 0 Å². The van der Waals surface area contributed by atoms with E-state index in [9.17, 15) is 13.2 Å². The lowest BCUT2D eigenvalue weighted by atomic mass is 10.3. The number of hydrogen-bond donors (Lipinski definition) is 2. The average Bonchev–Trinajstić information content (AvgIpc) is 2.01. The van der Waals surface area contributed by atoms with E-state index in [1.807, 2.05) is 0 Å². The Labute approximate surface area is 80.0 Å². The fourth-order valence-corrected chi connectivity index (χ4v) is 1.62. The molecule has 0 saturated heterocycles. The Kier molecular flexibility index (Phi) is 2.61. The summed E-state index contributed by atoms with van der Waals surface area (Å²) in [6.07, 6.45) is -1.88. The third-order valence-electron chi connectivity index (χ3n) is 1.33. The fourth-order valence-electron chi connectivity index (χ4n) is 0.812. The number of benzene rings is 1. The SMILES string of the molecule is Nc1cccc(S(=O)(=O)OC(=O)O)c1. The zero-order valence-corrected chi connectivity index (χ0v) is 7.69. The van der Waals surface area contributed by atoms with Crippen LogP contribution in [0, 0.1) is 0 Å². The van der Waals surface area contributed by atoms with Crippen molar-refractivity contribution in [2.24, 2.45) is 0 Å². The standard InChI is InChI=1S/C7H7NO5S/c8-5-2-1-3-6(4-5)14(11,12)13-7(9)10/h1-4H,8H2,(H,9,10). The highest BCUT2D eigenvalue weighted by molar-refractivity contribution is 7.87. The summed E-state index contributed by atoms with van der Waals surface area (Å²) in [6, 6.07) is 5.15. The van der Waals surface area contributed by atoms with Gasteiger partial charge in [-0.3, -0.25) is 0 Å². The van der Waals surface area contributed by atoms with Crippen molar-refractivity contribution in [1.82, 2.24) is 0 Å². The van der Waals surface area contributed by atoms with Crippen LogP contribution in [0.4, 0.5) is 10.5 Å². The van der Waals surface area contributed by atoms with Gasteiger partial charge in [0.1, 0.15) is 4.90 Å². The van der Waals surface area contributed by atoms with Gasteiger partial charge in [0.05, 0.1) is 0 Å². The van der Waals surface area contributed by atoms with E-state index in [0.29, 0.717) is 0 Å². The van der Waals surface area contributed by atoms with Crippen molar-refractivity contribution in [1.29, 1.82) is 0 Å². The highest BCUT2D eigenvalue weighted by atomic mass is 32.2. The molecule has 0 spiro atoms. The number of hydrogen-bond acceptors (Lipinski definition) is 5. The van der Waals surface area contributed by atoms with E-state index in [0.717, 1.165) is 6.07 Å². The van der Waals surface area contributed by atoms with Crippen molar-refractivity contribution in [3.63, 3.8) is 0 Å². The van der Waals surface area contributed by atoms with Gasteiger partial charge in [0.15, 0.2) is 0 Å². The summed E-state index contributed by atoms with van der Waals surface area (Å²) in [7, 11) is -4.26. The molecule has 76 valence electrons. The average molecular weight is 217 g/mol. The Hall–Kier alpha value is -1.76. The van der Waals surface area contributed by atoms with Gasteiger partial charge < -0.3 is 15.0 Å². The van der Waals surface area contributed by atoms with Crippen molar-refractivity contribution in [3.05, 3.63) is 24.3 Å². The van der Waals surface area contributed by atoms with E-state index in [-0.39, 0.29) is 10.6 Å². The van der Waals surface area contributed by atoms with E-state index in [4.69, 9.17) is 10.8 Å². The monoisotopic (exact) mass is 217 g/mol. The lowest BCUT2D eigenvalue weighted by Gasteiger charge is -2.02. The van der Waals surface area contributed by atoms with Crippen molar-refractivity contribution in [2.75, 3.05) is 5.73 Å². The first kappa shape index (κ1) is 10.3. The Morgan fingerprint density at radius 2 is 2.07 bits per heavy atom. The molecule has 0 unspecified atom stereocenters. The predicted octanol–water partition coefficient (Wildman–Crippen LogP) is 0.652. The van der Waals surface area contributed by atoms with Gasteiger partial charge in [-0.15, -0.1) is 0 Å². The van der Waals surface area contributed by atoms with Crippen LogP contribution in [-0.4, -0.2) is 19.7 Å². The minimum absolute atomic E-state index is 0.208. The first-order valence-corrected chi connectivity index (χ1v) is 4.85. The van der Waals surface area contributed by atoms with Crippen LogP contribution in [0.1, 0.15) is 0 Å². The lowest BCUT2D eigenvalue weighted by Crippen LogP contribution is -2.11. The summed E-state index contributed by atoms with van der Waals surface area (Å²) in [4.78, 5) is 9.75. The highest BCUT2D eigenvalue weighted by Crippen LogP contribution is 2.15. The van der Waals surface area contributed by atoms with Crippen LogP contribution in [0.3, 0.4) is 0 Å². The van der Waals surface area contributed by atoms with E-state index in [1.165, 1.54) is 18.2 Å². The molecule has 0 aromatic heterocycles. The molecule has 0 saturated carbocycles. The van der Waals surface area contributed by atoms with Crippen molar-refractivity contribution in [2.45, 2.75) is 4.90 Å². The molecular weight excluding hydrogens is 210 g/mol. The molecule has 3 N–H and O–H groups in total. The third-order valence-corrected chi connectivity index (χ3v) is 2.52. The molecule has 7 heteroatoms. The molecule has 0 amide bonds. The van der Waals surface area contributed by atoms with Crippen LogP contribution in [0.2, 0.25) is 0 Å². The summed E-state index contributed by atoms with van der Waals surface area (Å²) >= 11 is 0. The van der Waals surface area contributed by atoms with Crippen LogP contribution in [-0.2, 0) is 14.3 Å². The number of carbonyl (C=O) groups is 1. The van der Waals surface area contributed by atoms with Gasteiger partial charge in [-0.25, -0.2) is 4.79 Å². The van der Waals surface area contributed by atoms with E-state index >= 15 is 0 Å². The molecule has 0 radical (unpaired) electrons. The molecule has 1 aromatic carbocycles. The zero-order chi connectivity index (χ0) is 10.8. The van der Waals surface area contributed by atoms with Gasteiger partial charge in [0.25, 0.3) is 0 Å². The minimum Gasteiger partial charge on any atom is -0.449 e. The molecular formula is C7H7NO5S. The Morgan fingerprint density at radius 3 is 2.57 bits per heavy atom. The Morgan fingerprint density at radius 1 is 1.43 bits per heavy atom. The van der Waals surface area contributed by atoms with Crippen LogP contribution in [0.5, 0.6) is 0 Å². The van der Waals surface area contributed by atoms with Crippen molar-refractivity contribution < 1.29 is 22.5 Å². The molecule has 0 bridgehead atoms. The summed E-state index contributed by atoms with van der Waals surface area (Å²) in [6.45, 7) is 0. The minimum atomic E-state index is -4.26. The second-order valence-electron chi connectivity index (χ2n) is 2.38. The maximum Gasteiger partial charge on any atom is 0.522 e. The number of anilines is 1. The Balaban J connectivity index is 3.11. The third kappa shape index (κ3) is 2.36. The zero-order valence-electron chi connectivity index (χ0n) is 6.88. The van der Waals surface area contributed by atoms with Gasteiger partial charge >= 0.3 is 16.3 Å². The summed E-state index contributed by atoms with van der Waals surface area (Å²) < 4.78 is 26.0. The van der Waals surface area contributed by atoms with Crippen LogP contribution in [0.15, 0.2) is 29.2 Å². The normalized spacial score (nSPS) is 10.9. The van der Waals surface area contributed by atoms with E-state index in [2.05, 4.69) is 4.18 Å². The smallest absolute Gasteiger partial charge is 0.449 e. The number of rotatable bonds is 2. The van der Waals surface area contributed by atoms with Crippen molar-refractivity contribution >= 4 is 22.0 Å². The largest absolute Gasteiger partial charge is 0.522 e. The Bertz CT molecular complexity index is 453. The molecule has 0 aliphatic rings. The first-order valence-electron chi connectivity index (χ1n) is 3.45. The topological polar surface area (TPSA) is 107 Å². The highest BCUT2D eigenvalue weighted by Gasteiger charge is 2.19. The maximum atomic E-state index is 11.1. The molecule has 6 nitrogen and oxygen atoms in total. The molecule has 0 fully saturated rings. The van der Waals surface area contributed by atoms with E-state index < -0.39 is 16.3 Å². The molecule has 1 aromatic rings. The second-order valence-corrected chi connectivity index (χ2v) is 3.92. The van der Waals surface area contributed by atoms with Crippen molar-refractivity contribution in [3.8, 4) is 0 Å². The fraction of sp³-hybridized carbons (Fsp3) is 0. The molecule has 0 aliphatic heterocycles. The summed E-state index contributed by atoms with van der Waals surface area (Å²) in [5.41, 5.74) is 5.53. The summed E-state index contributed by atoms with van der Waals surface area (Å²) in [5, 5.41) is 8.15. The van der Waals surface area contributed by atoms with Gasteiger partial charge in [-0.2, -0.15) is 8.42 Å². The number of carboxylic acid groups (broad SMARTS) is 1. The lowest BCUT2D eigenvalue weighted by molar-refractivity contribution is 0.147. The van der Waals surface area contributed by atoms with Gasteiger partial charge in [-0.05, 0) is 18.2 Å². The summed E-state index contributed by atoms with van der Waals surface area (Å²) in [5.74, 6) is 0. The van der Waals surface area contributed by atoms with Gasteiger partial charge in [-0.1, -0.05) is 6.07 Å². The second kappa shape index (κ2) is 3.54. The van der Waals surface area contributed by atoms with Crippen LogP contribution < -0.4 is 5.73 Å². The van der Waals surface area contributed by atoms with Gasteiger partial charge in [0, 0.05) is 5.69 Å². The molecule has 14 heavy (non-hydrogen) atoms.